The highest BCUT2D eigenvalue weighted by Gasteiger charge is 2.17. The fourth-order valence-electron chi connectivity index (χ4n) is 4.21. The number of phenolic OH excluding ortho intramolecular Hbond substituents is 1. The van der Waals surface area contributed by atoms with Crippen LogP contribution in [0, 0.1) is 0 Å². The average molecular weight is 671 g/mol. The molecule has 1 aromatic heterocycles. The molecule has 0 atom stereocenters. The zero-order chi connectivity index (χ0) is 32.5. The second kappa shape index (κ2) is 15.3. The molecule has 0 aliphatic carbocycles. The largest absolute Gasteiger partial charge is 0.508 e. The van der Waals surface area contributed by atoms with E-state index in [0.717, 1.165) is 10.5 Å². The van der Waals surface area contributed by atoms with Gasteiger partial charge in [-0.1, -0.05) is 54.1 Å². The number of phenols is 1. The minimum absolute atomic E-state index is 0.00943. The lowest BCUT2D eigenvalue weighted by atomic mass is 10.1. The molecule has 0 bridgehead atoms. The highest BCUT2D eigenvalue weighted by atomic mass is 35.5. The van der Waals surface area contributed by atoms with E-state index in [1.165, 1.54) is 48.4 Å². The third-order valence-corrected chi connectivity index (χ3v) is 8.49. The average Bonchev–Trinajstić information content (AvgIpc) is 3.52. The first-order valence-corrected chi connectivity index (χ1v) is 16.0. The maximum Gasteiger partial charge on any atom is 0.272 e. The number of carbonyl (C=O) groups excluding carboxylic acids is 3. The zero-order valence-electron chi connectivity index (χ0n) is 24.3. The fraction of sp³-hybridized carbons (Fsp3) is 0.0588. The maximum atomic E-state index is 13.5. The molecule has 5 aromatic rings. The van der Waals surface area contributed by atoms with E-state index >= 15 is 0 Å². The zero-order valence-corrected chi connectivity index (χ0v) is 26.7. The van der Waals surface area contributed by atoms with Gasteiger partial charge in [-0.25, -0.2) is 4.98 Å². The quantitative estimate of drug-likeness (QED) is 0.0856. The number of benzene rings is 4. The van der Waals surface area contributed by atoms with E-state index in [9.17, 15) is 19.5 Å². The number of methoxy groups -OCH3 is 1. The molecule has 5 rings (SSSR count). The van der Waals surface area contributed by atoms with Crippen molar-refractivity contribution in [2.45, 2.75) is 4.90 Å². The Labute approximate surface area is 278 Å². The lowest BCUT2D eigenvalue weighted by Gasteiger charge is -2.13. The Morgan fingerprint density at radius 1 is 0.957 bits per heavy atom. The summed E-state index contributed by atoms with van der Waals surface area (Å²) in [7, 11) is 1.44. The summed E-state index contributed by atoms with van der Waals surface area (Å²) in [5.41, 5.74) is 2.71. The van der Waals surface area contributed by atoms with Gasteiger partial charge in [0.25, 0.3) is 11.8 Å². The van der Waals surface area contributed by atoms with E-state index in [4.69, 9.17) is 16.3 Å². The van der Waals surface area contributed by atoms with Crippen molar-refractivity contribution in [1.29, 1.82) is 0 Å². The van der Waals surface area contributed by atoms with Crippen LogP contribution < -0.4 is 20.7 Å². The SMILES string of the molecule is COc1cc(O)ccc1/C=C(/NC(=O)c1ccccc1)C(=O)Nc1cccc(SCC(=O)Nc2nc(-c3ccccc3Cl)cs2)c1. The van der Waals surface area contributed by atoms with E-state index in [1.54, 1.807) is 60.7 Å². The molecule has 0 aliphatic heterocycles. The van der Waals surface area contributed by atoms with Gasteiger partial charge in [0.1, 0.15) is 17.2 Å². The molecule has 0 fully saturated rings. The third-order valence-electron chi connectivity index (χ3n) is 6.41. The lowest BCUT2D eigenvalue weighted by Crippen LogP contribution is -2.30. The molecule has 4 N–H and O–H groups in total. The van der Waals surface area contributed by atoms with Crippen LogP contribution in [0.2, 0.25) is 5.02 Å². The van der Waals surface area contributed by atoms with Crippen molar-refractivity contribution in [2.24, 2.45) is 0 Å². The number of anilines is 2. The van der Waals surface area contributed by atoms with E-state index in [1.807, 2.05) is 29.6 Å². The maximum absolute atomic E-state index is 13.5. The number of nitrogens with one attached hydrogen (secondary N) is 3. The first kappa shape index (κ1) is 32.3. The van der Waals surface area contributed by atoms with Crippen molar-refractivity contribution < 1.29 is 24.2 Å². The van der Waals surface area contributed by atoms with Crippen LogP contribution in [-0.2, 0) is 9.59 Å². The predicted molar refractivity (Wildman–Crippen MR) is 184 cm³/mol. The second-order valence-corrected chi connectivity index (χ2v) is 12.0. The number of aromatic nitrogens is 1. The smallest absolute Gasteiger partial charge is 0.272 e. The Kier molecular flexibility index (Phi) is 10.7. The van der Waals surface area contributed by atoms with Crippen LogP contribution in [0.25, 0.3) is 17.3 Å². The summed E-state index contributed by atoms with van der Waals surface area (Å²) in [5, 5.41) is 21.0. The summed E-state index contributed by atoms with van der Waals surface area (Å²) in [6, 6.07) is 27.3. The van der Waals surface area contributed by atoms with Crippen molar-refractivity contribution in [3.63, 3.8) is 0 Å². The van der Waals surface area contributed by atoms with Crippen LogP contribution in [0.1, 0.15) is 15.9 Å². The number of hydrogen-bond donors (Lipinski definition) is 4. The Balaban J connectivity index is 1.26. The van der Waals surface area contributed by atoms with Crippen LogP contribution in [0.5, 0.6) is 11.5 Å². The Bertz CT molecular complexity index is 1910. The van der Waals surface area contributed by atoms with Gasteiger partial charge in [-0.3, -0.25) is 14.4 Å². The van der Waals surface area contributed by atoms with E-state index in [2.05, 4.69) is 20.9 Å². The summed E-state index contributed by atoms with van der Waals surface area (Å²) < 4.78 is 5.35. The van der Waals surface area contributed by atoms with Crippen LogP contribution in [0.15, 0.2) is 113 Å². The van der Waals surface area contributed by atoms with Crippen molar-refractivity contribution in [1.82, 2.24) is 10.3 Å². The Hall–Kier alpha value is -5.10. The van der Waals surface area contributed by atoms with Gasteiger partial charge in [0.05, 0.1) is 18.6 Å². The van der Waals surface area contributed by atoms with Crippen molar-refractivity contribution in [2.75, 3.05) is 23.5 Å². The topological polar surface area (TPSA) is 130 Å². The predicted octanol–water partition coefficient (Wildman–Crippen LogP) is 7.32. The number of halogens is 1. The number of hydrogen-bond acceptors (Lipinski definition) is 8. The van der Waals surface area contributed by atoms with Crippen molar-refractivity contribution in [3.05, 3.63) is 124 Å². The monoisotopic (exact) mass is 670 g/mol. The number of aromatic hydroxyl groups is 1. The second-order valence-electron chi connectivity index (χ2n) is 9.64. The standard InChI is InChI=1S/C34H27ClN4O5S2/c1-44-30-18-24(40)15-14-22(30)16-28(37-32(42)21-8-3-2-4-9-21)33(43)36-23-10-7-11-25(17-23)45-20-31(41)39-34-38-29(19-46-34)26-12-5-6-13-27(26)35/h2-19,40H,20H2,1H3,(H,36,43)(H,37,42)(H,38,39,41)/b28-16+. The molecule has 3 amide bonds. The molecule has 46 heavy (non-hydrogen) atoms. The van der Waals surface area contributed by atoms with E-state index < -0.39 is 11.8 Å². The van der Waals surface area contributed by atoms with Gasteiger partial charge < -0.3 is 25.8 Å². The number of rotatable bonds is 11. The van der Waals surface area contributed by atoms with Gasteiger partial charge in [0.15, 0.2) is 5.13 Å². The highest BCUT2D eigenvalue weighted by molar-refractivity contribution is 8.00. The van der Waals surface area contributed by atoms with Gasteiger partial charge in [0, 0.05) is 43.7 Å². The third kappa shape index (κ3) is 8.54. The molecule has 0 aliphatic rings. The van der Waals surface area contributed by atoms with E-state index in [-0.39, 0.29) is 23.1 Å². The highest BCUT2D eigenvalue weighted by Crippen LogP contribution is 2.31. The first-order chi connectivity index (χ1) is 22.3. The molecular formula is C34H27ClN4O5S2. The summed E-state index contributed by atoms with van der Waals surface area (Å²) in [6.45, 7) is 0. The van der Waals surface area contributed by atoms with Gasteiger partial charge in [-0.05, 0) is 54.6 Å². The minimum atomic E-state index is -0.586. The van der Waals surface area contributed by atoms with Crippen LogP contribution in [0.3, 0.4) is 0 Å². The Morgan fingerprint density at radius 3 is 2.52 bits per heavy atom. The lowest BCUT2D eigenvalue weighted by molar-refractivity contribution is -0.114. The molecule has 0 saturated carbocycles. The number of ether oxygens (including phenoxy) is 1. The van der Waals surface area contributed by atoms with Crippen molar-refractivity contribution in [3.8, 4) is 22.8 Å². The number of nitrogens with zero attached hydrogens (tertiary/aromatic N) is 1. The number of amides is 3. The molecule has 4 aromatic carbocycles. The molecule has 0 unspecified atom stereocenters. The molecule has 0 spiro atoms. The molecule has 1 heterocycles. The van der Waals surface area contributed by atoms with Crippen LogP contribution in [-0.4, -0.2) is 40.7 Å². The van der Waals surface area contributed by atoms with Gasteiger partial charge in [-0.2, -0.15) is 0 Å². The summed E-state index contributed by atoms with van der Waals surface area (Å²) >= 11 is 8.86. The van der Waals surface area contributed by atoms with Gasteiger partial charge >= 0.3 is 0 Å². The summed E-state index contributed by atoms with van der Waals surface area (Å²) in [4.78, 5) is 44.4. The van der Waals surface area contributed by atoms with Crippen LogP contribution >= 0.6 is 34.7 Å². The Morgan fingerprint density at radius 2 is 1.74 bits per heavy atom. The van der Waals surface area contributed by atoms with Gasteiger partial charge in [-0.15, -0.1) is 23.1 Å². The molecule has 0 radical (unpaired) electrons. The normalized spacial score (nSPS) is 11.0. The molecule has 0 saturated heterocycles. The minimum Gasteiger partial charge on any atom is -0.508 e. The summed E-state index contributed by atoms with van der Waals surface area (Å²) in [6.07, 6.45) is 1.47. The molecule has 9 nitrogen and oxygen atoms in total. The van der Waals surface area contributed by atoms with Crippen LogP contribution in [0.4, 0.5) is 10.8 Å². The molecular weight excluding hydrogens is 644 g/mol. The molecule has 12 heteroatoms. The number of thiazole rings is 1. The number of carbonyl (C=O) groups is 3. The number of thioether (sulfide) groups is 1. The summed E-state index contributed by atoms with van der Waals surface area (Å²) in [5.74, 6) is -0.890. The fourth-order valence-corrected chi connectivity index (χ4v) is 5.92. The van der Waals surface area contributed by atoms with Gasteiger partial charge in [0.2, 0.25) is 5.91 Å². The van der Waals surface area contributed by atoms with Crippen molar-refractivity contribution >= 4 is 69.3 Å². The van der Waals surface area contributed by atoms with E-state index in [0.29, 0.717) is 38.4 Å². The first-order valence-electron chi connectivity index (χ1n) is 13.8. The molecule has 232 valence electrons.